The standard InChI is InChI=1S/C36H46O21/c1-14-25(44)29(48)33(57-34-30(49)28(47)26(45)21(12-37)53-34)36(52-14)56-32-27(46)22(13-51-23(42)8-4-15-2-6-17(38)19(40)10-15)54-35(31(32)50)55-24(43)9-5-16-3-7-18(39)20(41)11-16/h2-4,6-8,10-11,14,21-22,25-41,44-50H,5,9,12-13H2,1H3. The molecule has 3 fully saturated rings. The Morgan fingerprint density at radius 2 is 1.32 bits per heavy atom. The Morgan fingerprint density at radius 3 is 1.98 bits per heavy atom. The molecule has 0 amide bonds. The Labute approximate surface area is 323 Å². The second-order valence-corrected chi connectivity index (χ2v) is 13.6. The molecule has 0 saturated carbocycles. The number of carbonyl (C=O) groups excluding carboxylic acids is 2. The number of aliphatic hydroxyl groups is 8. The monoisotopic (exact) mass is 814 g/mol. The van der Waals surface area contributed by atoms with Gasteiger partial charge in [0.05, 0.1) is 12.7 Å². The van der Waals surface area contributed by atoms with Crippen molar-refractivity contribution in [3.05, 3.63) is 53.6 Å². The Balaban J connectivity index is 1.35. The number of phenols is 4. The minimum absolute atomic E-state index is 0.00475. The highest BCUT2D eigenvalue weighted by Gasteiger charge is 2.54. The van der Waals surface area contributed by atoms with Gasteiger partial charge in [-0.3, -0.25) is 4.79 Å². The molecule has 15 atom stereocenters. The lowest BCUT2D eigenvalue weighted by molar-refractivity contribution is -0.385. The van der Waals surface area contributed by atoms with E-state index in [9.17, 15) is 70.9 Å². The fourth-order valence-corrected chi connectivity index (χ4v) is 6.22. The van der Waals surface area contributed by atoms with E-state index in [1.54, 1.807) is 0 Å². The summed E-state index contributed by atoms with van der Waals surface area (Å²) in [6.45, 7) is -0.236. The fraction of sp³-hybridized carbons (Fsp3) is 0.556. The molecule has 21 heteroatoms. The molecule has 0 bridgehead atoms. The van der Waals surface area contributed by atoms with Gasteiger partial charge in [0.15, 0.2) is 35.6 Å². The van der Waals surface area contributed by atoms with Crippen molar-refractivity contribution in [2.45, 2.75) is 112 Å². The Hall–Kier alpha value is -4.20. The molecule has 3 aliphatic heterocycles. The molecule has 3 saturated heterocycles. The number of hydrogen-bond acceptors (Lipinski definition) is 21. The van der Waals surface area contributed by atoms with Gasteiger partial charge in [-0.15, -0.1) is 0 Å². The molecule has 2 aromatic rings. The van der Waals surface area contributed by atoms with E-state index in [-0.39, 0.29) is 18.6 Å². The van der Waals surface area contributed by atoms with Crippen molar-refractivity contribution in [1.82, 2.24) is 0 Å². The number of esters is 2. The first-order valence-electron chi connectivity index (χ1n) is 17.7. The molecule has 5 rings (SSSR count). The minimum atomic E-state index is -2.04. The Bertz CT molecular complexity index is 1700. The van der Waals surface area contributed by atoms with Gasteiger partial charge in [-0.25, -0.2) is 4.79 Å². The van der Waals surface area contributed by atoms with Gasteiger partial charge >= 0.3 is 11.9 Å². The lowest BCUT2D eigenvalue weighted by Crippen LogP contribution is -2.66. The maximum Gasteiger partial charge on any atom is 0.330 e. The number of aromatic hydroxyl groups is 4. The summed E-state index contributed by atoms with van der Waals surface area (Å²) in [5.74, 6) is -3.59. The number of aliphatic hydroxyl groups excluding tert-OH is 8. The van der Waals surface area contributed by atoms with Gasteiger partial charge in [0.1, 0.15) is 73.8 Å². The second kappa shape index (κ2) is 19.0. The van der Waals surface area contributed by atoms with Gasteiger partial charge in [0.25, 0.3) is 0 Å². The number of aryl methyl sites for hydroxylation is 1. The van der Waals surface area contributed by atoms with Gasteiger partial charge in [-0.1, -0.05) is 12.1 Å². The summed E-state index contributed by atoms with van der Waals surface area (Å²) in [5, 5.41) is 124. The van der Waals surface area contributed by atoms with Crippen LogP contribution in [0.15, 0.2) is 42.5 Å². The van der Waals surface area contributed by atoms with Gasteiger partial charge < -0.3 is 94.4 Å². The molecule has 15 unspecified atom stereocenters. The molecule has 3 aliphatic rings. The average Bonchev–Trinajstić information content (AvgIpc) is 3.18. The van der Waals surface area contributed by atoms with E-state index in [2.05, 4.69) is 0 Å². The van der Waals surface area contributed by atoms with Crippen molar-refractivity contribution in [2.75, 3.05) is 13.2 Å². The number of ether oxygens (including phenoxy) is 7. The van der Waals surface area contributed by atoms with Crippen LogP contribution in [-0.4, -0.2) is 179 Å². The van der Waals surface area contributed by atoms with Crippen LogP contribution >= 0.6 is 0 Å². The summed E-state index contributed by atoms with van der Waals surface area (Å²) in [5.41, 5.74) is 0.732. The number of carbonyl (C=O) groups is 2. The summed E-state index contributed by atoms with van der Waals surface area (Å²) in [4.78, 5) is 25.6. The van der Waals surface area contributed by atoms with E-state index >= 15 is 0 Å². The van der Waals surface area contributed by atoms with E-state index in [4.69, 9.17) is 33.2 Å². The third-order valence-electron chi connectivity index (χ3n) is 9.56. The lowest BCUT2D eigenvalue weighted by atomic mass is 9.96. The van der Waals surface area contributed by atoms with Crippen LogP contribution in [0.2, 0.25) is 0 Å². The molecule has 57 heavy (non-hydrogen) atoms. The van der Waals surface area contributed by atoms with E-state index in [1.807, 2.05) is 0 Å². The minimum Gasteiger partial charge on any atom is -0.504 e. The smallest absolute Gasteiger partial charge is 0.330 e. The Kier molecular flexibility index (Phi) is 14.7. The molecule has 0 spiro atoms. The Morgan fingerprint density at radius 1 is 0.667 bits per heavy atom. The average molecular weight is 815 g/mol. The van der Waals surface area contributed by atoms with Crippen LogP contribution in [0.1, 0.15) is 24.5 Å². The maximum atomic E-state index is 13.0. The topological polar surface area (TPSA) is 342 Å². The van der Waals surface area contributed by atoms with Crippen molar-refractivity contribution in [3.63, 3.8) is 0 Å². The number of rotatable bonds is 13. The first kappa shape index (κ1) is 43.9. The largest absolute Gasteiger partial charge is 0.504 e. The number of phenolic OH excluding ortho intramolecular Hbond substituents is 4. The first-order valence-corrected chi connectivity index (χ1v) is 17.7. The highest BCUT2D eigenvalue weighted by molar-refractivity contribution is 5.87. The summed E-state index contributed by atoms with van der Waals surface area (Å²) in [6.07, 6.45) is -24.8. The van der Waals surface area contributed by atoms with Crippen LogP contribution in [0.3, 0.4) is 0 Å². The molecule has 21 nitrogen and oxygen atoms in total. The predicted molar refractivity (Wildman–Crippen MR) is 184 cm³/mol. The molecule has 2 aromatic carbocycles. The van der Waals surface area contributed by atoms with E-state index in [0.29, 0.717) is 11.1 Å². The molecule has 316 valence electrons. The first-order chi connectivity index (χ1) is 27.0. The summed E-state index contributed by atoms with van der Waals surface area (Å²) >= 11 is 0. The quantitative estimate of drug-likeness (QED) is 0.0536. The molecule has 0 aromatic heterocycles. The third kappa shape index (κ3) is 10.5. The van der Waals surface area contributed by atoms with Gasteiger partial charge in [-0.05, 0) is 54.8 Å². The third-order valence-corrected chi connectivity index (χ3v) is 9.56. The number of benzene rings is 2. The molecule has 0 radical (unpaired) electrons. The van der Waals surface area contributed by atoms with Crippen LogP contribution in [0.25, 0.3) is 6.08 Å². The summed E-state index contributed by atoms with van der Waals surface area (Å²) < 4.78 is 38.9. The van der Waals surface area contributed by atoms with Crippen molar-refractivity contribution in [2.24, 2.45) is 0 Å². The van der Waals surface area contributed by atoms with Crippen molar-refractivity contribution < 1.29 is 104 Å². The van der Waals surface area contributed by atoms with Crippen LogP contribution in [0.5, 0.6) is 23.0 Å². The zero-order valence-electron chi connectivity index (χ0n) is 30.1. The highest BCUT2D eigenvalue weighted by atomic mass is 16.8. The SMILES string of the molecule is CC1OC(OC2C(O)C(COC(=O)C=Cc3ccc(O)c(O)c3)OC(OC(=O)CCc3ccc(O)c(O)c3)C2O)C(OC2OC(CO)C(O)C(O)C2O)C(O)C1O. The van der Waals surface area contributed by atoms with Gasteiger partial charge in [0.2, 0.25) is 6.29 Å². The maximum absolute atomic E-state index is 13.0. The van der Waals surface area contributed by atoms with E-state index in [1.165, 1.54) is 49.4 Å². The lowest BCUT2D eigenvalue weighted by Gasteiger charge is -2.48. The molecular formula is C36H46O21. The highest BCUT2D eigenvalue weighted by Crippen LogP contribution is 2.34. The van der Waals surface area contributed by atoms with Gasteiger partial charge in [0, 0.05) is 12.5 Å². The van der Waals surface area contributed by atoms with Crippen LogP contribution < -0.4 is 0 Å². The van der Waals surface area contributed by atoms with Crippen LogP contribution in [-0.2, 0) is 49.2 Å². The molecule has 12 N–H and O–H groups in total. The van der Waals surface area contributed by atoms with Crippen molar-refractivity contribution in [1.29, 1.82) is 0 Å². The second-order valence-electron chi connectivity index (χ2n) is 13.6. The fourth-order valence-electron chi connectivity index (χ4n) is 6.22. The van der Waals surface area contributed by atoms with E-state index in [0.717, 1.165) is 6.08 Å². The molecular weight excluding hydrogens is 768 g/mol. The van der Waals surface area contributed by atoms with Gasteiger partial charge in [-0.2, -0.15) is 0 Å². The molecule has 0 aliphatic carbocycles. The van der Waals surface area contributed by atoms with E-state index < -0.39 is 135 Å². The van der Waals surface area contributed by atoms with Crippen molar-refractivity contribution in [3.8, 4) is 23.0 Å². The zero-order chi connectivity index (χ0) is 41.7. The predicted octanol–water partition coefficient (Wildman–Crippen LogP) is -3.27. The summed E-state index contributed by atoms with van der Waals surface area (Å²) in [6, 6.07) is 7.61. The van der Waals surface area contributed by atoms with Crippen LogP contribution in [0, 0.1) is 0 Å². The zero-order valence-corrected chi connectivity index (χ0v) is 30.1. The summed E-state index contributed by atoms with van der Waals surface area (Å²) in [7, 11) is 0. The normalized spacial score (nSPS) is 35.8. The van der Waals surface area contributed by atoms with Crippen LogP contribution in [0.4, 0.5) is 0 Å². The molecule has 3 heterocycles. The number of hydrogen-bond donors (Lipinski definition) is 12. The van der Waals surface area contributed by atoms with Crippen molar-refractivity contribution >= 4 is 18.0 Å².